The van der Waals surface area contributed by atoms with E-state index in [0.29, 0.717) is 12.3 Å². The van der Waals surface area contributed by atoms with Crippen LogP contribution in [-0.2, 0) is 10.8 Å². The fraction of sp³-hybridized carbons (Fsp3) is 0.562. The first-order valence-electron chi connectivity index (χ1n) is 7.49. The van der Waals surface area contributed by atoms with Crippen molar-refractivity contribution in [2.24, 2.45) is 4.99 Å². The summed E-state index contributed by atoms with van der Waals surface area (Å²) in [6, 6.07) is 9.56. The number of hydrogen-bond acceptors (Lipinski definition) is 3. The molecule has 0 saturated heterocycles. The minimum absolute atomic E-state index is 0.120. The van der Waals surface area contributed by atoms with Gasteiger partial charge in [0.1, 0.15) is 0 Å². The molecule has 0 aliphatic rings. The smallest absolute Gasteiger partial charge is 0.191 e. The van der Waals surface area contributed by atoms with Gasteiger partial charge in [-0.1, -0.05) is 18.2 Å². The van der Waals surface area contributed by atoms with Gasteiger partial charge >= 0.3 is 0 Å². The summed E-state index contributed by atoms with van der Waals surface area (Å²) in [6.45, 7) is 8.58. The Hall–Kier alpha value is -1.01. The third kappa shape index (κ3) is 7.31. The Balaban J connectivity index is 2.47. The molecule has 0 aromatic heterocycles. The summed E-state index contributed by atoms with van der Waals surface area (Å²) < 4.78 is 12.3. The van der Waals surface area contributed by atoms with Crippen molar-refractivity contribution < 1.29 is 4.21 Å². The highest BCUT2D eigenvalue weighted by molar-refractivity contribution is 7.99. The van der Waals surface area contributed by atoms with Crippen LogP contribution in [0.3, 0.4) is 0 Å². The van der Waals surface area contributed by atoms with Gasteiger partial charge in [-0.3, -0.25) is 9.20 Å². The van der Waals surface area contributed by atoms with Gasteiger partial charge in [0.05, 0.1) is 17.3 Å². The molecule has 2 N–H and O–H groups in total. The van der Waals surface area contributed by atoms with Crippen molar-refractivity contribution in [1.82, 2.24) is 10.6 Å². The van der Waals surface area contributed by atoms with Gasteiger partial charge in [-0.25, -0.2) is 0 Å². The van der Waals surface area contributed by atoms with Crippen molar-refractivity contribution in [1.29, 1.82) is 0 Å². The third-order valence-corrected chi connectivity index (χ3v) is 5.71. The number of nitrogens with zero attached hydrogens (tertiary/aromatic N) is 1. The van der Waals surface area contributed by atoms with Gasteiger partial charge in [-0.05, 0) is 39.2 Å². The van der Waals surface area contributed by atoms with Crippen molar-refractivity contribution in [3.8, 4) is 0 Å². The molecular weight excluding hydrogens is 314 g/mol. The Bertz CT molecular complexity index is 489. The van der Waals surface area contributed by atoms with Crippen LogP contribution in [0.25, 0.3) is 0 Å². The summed E-state index contributed by atoms with van der Waals surface area (Å²) in [5.74, 6) is 1.36. The van der Waals surface area contributed by atoms with Gasteiger partial charge in [0.15, 0.2) is 5.96 Å². The number of nitrogens with one attached hydrogen (secondary N) is 2. The van der Waals surface area contributed by atoms with Gasteiger partial charge in [0.25, 0.3) is 0 Å². The topological polar surface area (TPSA) is 53.5 Å². The zero-order valence-corrected chi connectivity index (χ0v) is 15.5. The van der Waals surface area contributed by atoms with E-state index < -0.39 is 10.8 Å². The largest absolute Gasteiger partial charge is 0.357 e. The maximum Gasteiger partial charge on any atom is 0.191 e. The van der Waals surface area contributed by atoms with E-state index in [4.69, 9.17) is 0 Å². The maximum absolute atomic E-state index is 12.2. The fourth-order valence-corrected chi connectivity index (χ4v) is 2.81. The van der Waals surface area contributed by atoms with Crippen LogP contribution < -0.4 is 10.6 Å². The molecular formula is C16H27N3OS2. The van der Waals surface area contributed by atoms with Crippen molar-refractivity contribution in [3.05, 3.63) is 30.3 Å². The van der Waals surface area contributed by atoms with Crippen molar-refractivity contribution in [2.75, 3.05) is 31.6 Å². The minimum Gasteiger partial charge on any atom is -0.357 e. The zero-order valence-electron chi connectivity index (χ0n) is 13.9. The zero-order chi connectivity index (χ0) is 16.4. The maximum atomic E-state index is 12.2. The van der Waals surface area contributed by atoms with E-state index in [1.165, 1.54) is 0 Å². The van der Waals surface area contributed by atoms with Crippen LogP contribution in [0.15, 0.2) is 40.2 Å². The molecule has 1 aromatic carbocycles. The van der Waals surface area contributed by atoms with Crippen LogP contribution >= 0.6 is 11.8 Å². The molecule has 1 rings (SSSR count). The lowest BCUT2D eigenvalue weighted by atomic mass is 10.2. The number of hydrogen-bond donors (Lipinski definition) is 2. The molecule has 0 fully saturated rings. The Labute approximate surface area is 141 Å². The van der Waals surface area contributed by atoms with E-state index >= 15 is 0 Å². The number of aliphatic imine (C=N–C) groups is 1. The van der Waals surface area contributed by atoms with Crippen LogP contribution in [0.2, 0.25) is 0 Å². The van der Waals surface area contributed by atoms with E-state index in [0.717, 1.165) is 23.9 Å². The molecule has 4 nitrogen and oxygen atoms in total. The fourth-order valence-electron chi connectivity index (χ4n) is 1.63. The predicted molar refractivity (Wildman–Crippen MR) is 99.3 cm³/mol. The molecule has 0 radical (unpaired) electrons. The summed E-state index contributed by atoms with van der Waals surface area (Å²) in [7, 11) is -0.976. The molecule has 0 bridgehead atoms. The van der Waals surface area contributed by atoms with E-state index in [1.807, 2.05) is 37.3 Å². The summed E-state index contributed by atoms with van der Waals surface area (Å²) >= 11 is 1.80. The Morgan fingerprint density at radius 2 is 1.95 bits per heavy atom. The summed E-state index contributed by atoms with van der Waals surface area (Å²) in [5.41, 5.74) is 0. The molecule has 1 aromatic rings. The van der Waals surface area contributed by atoms with E-state index in [2.05, 4.69) is 35.7 Å². The number of rotatable bonds is 8. The van der Waals surface area contributed by atoms with Crippen molar-refractivity contribution in [2.45, 2.75) is 30.4 Å². The molecule has 1 atom stereocenters. The van der Waals surface area contributed by atoms with E-state index in [-0.39, 0.29) is 4.75 Å². The van der Waals surface area contributed by atoms with Crippen LogP contribution in [-0.4, -0.2) is 46.6 Å². The quantitative estimate of drug-likeness (QED) is 0.563. The third-order valence-electron chi connectivity index (χ3n) is 3.10. The molecule has 124 valence electrons. The highest BCUT2D eigenvalue weighted by Crippen LogP contribution is 2.20. The average molecular weight is 342 g/mol. The highest BCUT2D eigenvalue weighted by atomic mass is 32.2. The highest BCUT2D eigenvalue weighted by Gasteiger charge is 2.15. The molecule has 0 aliphatic carbocycles. The lowest BCUT2D eigenvalue weighted by Gasteiger charge is -2.20. The molecule has 1 unspecified atom stereocenters. The second kappa shape index (κ2) is 9.90. The monoisotopic (exact) mass is 341 g/mol. The molecule has 22 heavy (non-hydrogen) atoms. The van der Waals surface area contributed by atoms with Gasteiger partial charge in [-0.2, -0.15) is 11.8 Å². The van der Waals surface area contributed by atoms with Gasteiger partial charge in [0.2, 0.25) is 0 Å². The molecule has 0 amide bonds. The molecule has 6 heteroatoms. The van der Waals surface area contributed by atoms with E-state index in [1.54, 1.807) is 11.8 Å². The lowest BCUT2D eigenvalue weighted by Crippen LogP contribution is -2.40. The van der Waals surface area contributed by atoms with Gasteiger partial charge in [0, 0.05) is 28.5 Å². The summed E-state index contributed by atoms with van der Waals surface area (Å²) in [6.07, 6.45) is 2.10. The molecule has 0 spiro atoms. The summed E-state index contributed by atoms with van der Waals surface area (Å²) in [4.78, 5) is 5.47. The SMILES string of the molecule is CCNC(=NCC(C)(C)SC)NCCS(=O)c1ccccc1. The van der Waals surface area contributed by atoms with Crippen molar-refractivity contribution in [3.63, 3.8) is 0 Å². The first-order chi connectivity index (χ1) is 10.5. The van der Waals surface area contributed by atoms with Crippen LogP contribution in [0.4, 0.5) is 0 Å². The number of thioether (sulfide) groups is 1. The minimum atomic E-state index is -0.976. The van der Waals surface area contributed by atoms with Crippen molar-refractivity contribution >= 4 is 28.5 Å². The Kier molecular flexibility index (Phi) is 8.56. The standard InChI is InChI=1S/C16H27N3OS2/c1-5-17-15(19-13-16(2,3)21-4)18-11-12-22(20)14-9-7-6-8-10-14/h6-10H,5,11-13H2,1-4H3,(H2,17,18,19). The molecule has 0 aliphatic heterocycles. The van der Waals surface area contributed by atoms with Crippen LogP contribution in [0.5, 0.6) is 0 Å². The Morgan fingerprint density at radius 1 is 1.27 bits per heavy atom. The molecule has 0 heterocycles. The second-order valence-corrected chi connectivity index (χ2v) is 8.53. The van der Waals surface area contributed by atoms with Crippen LogP contribution in [0, 0.1) is 0 Å². The predicted octanol–water partition coefficient (Wildman–Crippen LogP) is 2.49. The first-order valence-corrected chi connectivity index (χ1v) is 10.0. The number of guanidine groups is 1. The summed E-state index contributed by atoms with van der Waals surface area (Å²) in [5, 5.41) is 6.48. The van der Waals surface area contributed by atoms with E-state index in [9.17, 15) is 4.21 Å². The first kappa shape index (κ1) is 19.0. The average Bonchev–Trinajstić information content (AvgIpc) is 2.53. The van der Waals surface area contributed by atoms with Gasteiger partial charge in [-0.15, -0.1) is 0 Å². The van der Waals surface area contributed by atoms with Gasteiger partial charge < -0.3 is 10.6 Å². The van der Waals surface area contributed by atoms with Crippen LogP contribution in [0.1, 0.15) is 20.8 Å². The Morgan fingerprint density at radius 3 is 2.55 bits per heavy atom. The normalized spacial score (nSPS) is 13.7. The lowest BCUT2D eigenvalue weighted by molar-refractivity contribution is 0.680. The number of benzene rings is 1. The second-order valence-electron chi connectivity index (χ2n) is 5.45. The molecule has 0 saturated carbocycles.